The molecule has 0 saturated carbocycles. The van der Waals surface area contributed by atoms with Gasteiger partial charge in [0.1, 0.15) is 11.1 Å². The molecule has 0 aromatic heterocycles. The largest absolute Gasteiger partial charge is 0.410 e. The van der Waals surface area contributed by atoms with E-state index < -0.39 is 0 Å². The second-order valence-electron chi connectivity index (χ2n) is 3.09. The summed E-state index contributed by atoms with van der Waals surface area (Å²) in [6, 6.07) is 11.5. The maximum atomic E-state index is 9.17. The number of hydrogen-bond donors (Lipinski definition) is 1. The second kappa shape index (κ2) is 4.69. The van der Waals surface area contributed by atoms with Crippen molar-refractivity contribution in [3.05, 3.63) is 53.0 Å². The van der Waals surface area contributed by atoms with Crippen molar-refractivity contribution in [2.24, 2.45) is 5.16 Å². The van der Waals surface area contributed by atoms with Crippen molar-refractivity contribution in [3.8, 4) is 6.07 Å². The van der Waals surface area contributed by atoms with E-state index in [1.54, 1.807) is 11.5 Å². The predicted octanol–water partition coefficient (Wildman–Crippen LogP) is 3.01. The second-order valence-corrected chi connectivity index (χ2v) is 3.99. The van der Waals surface area contributed by atoms with Gasteiger partial charge in [0.05, 0.1) is 5.57 Å². The number of nitrogens with zero attached hydrogens (tertiary/aromatic N) is 2. The summed E-state index contributed by atoms with van der Waals surface area (Å²) in [6.45, 7) is 0. The number of nitriles is 1. The van der Waals surface area contributed by atoms with Crippen LogP contribution in [0.15, 0.2) is 52.5 Å². The molecule has 0 fully saturated rings. The fourth-order valence-electron chi connectivity index (χ4n) is 1.45. The summed E-state index contributed by atoms with van der Waals surface area (Å²) in [6.07, 6.45) is 1.78. The Hall–Kier alpha value is -1.99. The van der Waals surface area contributed by atoms with Gasteiger partial charge < -0.3 is 5.21 Å². The van der Waals surface area contributed by atoms with Gasteiger partial charge in [-0.25, -0.2) is 0 Å². The van der Waals surface area contributed by atoms with Crippen molar-refractivity contribution in [3.63, 3.8) is 0 Å². The summed E-state index contributed by atoms with van der Waals surface area (Å²) >= 11 is 1.30. The van der Waals surface area contributed by atoms with Crippen LogP contribution in [0.2, 0.25) is 0 Å². The number of benzene rings is 1. The van der Waals surface area contributed by atoms with Gasteiger partial charge in [0.25, 0.3) is 0 Å². The molecule has 1 aliphatic rings. The molecule has 0 spiro atoms. The van der Waals surface area contributed by atoms with E-state index in [1.165, 1.54) is 11.8 Å². The summed E-state index contributed by atoms with van der Waals surface area (Å²) in [5.74, 6) is 0. The molecule has 3 nitrogen and oxygen atoms in total. The number of allylic oxidation sites excluding steroid dienone is 2. The molecule has 1 aromatic rings. The first-order valence-electron chi connectivity index (χ1n) is 4.62. The molecule has 0 radical (unpaired) electrons. The zero-order valence-electron chi connectivity index (χ0n) is 8.29. The molecule has 0 saturated heterocycles. The van der Waals surface area contributed by atoms with Crippen LogP contribution in [0.25, 0.3) is 5.57 Å². The molecular weight excluding hydrogens is 220 g/mol. The Kier molecular flexibility index (Phi) is 3.08. The molecule has 16 heavy (non-hydrogen) atoms. The van der Waals surface area contributed by atoms with Crippen molar-refractivity contribution < 1.29 is 5.21 Å². The summed E-state index contributed by atoms with van der Waals surface area (Å²) < 4.78 is 0. The Labute approximate surface area is 97.4 Å². The highest BCUT2D eigenvalue weighted by molar-refractivity contribution is 8.17. The van der Waals surface area contributed by atoms with Gasteiger partial charge in [0.2, 0.25) is 0 Å². The monoisotopic (exact) mass is 228 g/mol. The van der Waals surface area contributed by atoms with E-state index in [2.05, 4.69) is 11.2 Å². The van der Waals surface area contributed by atoms with Crippen molar-refractivity contribution in [2.75, 3.05) is 0 Å². The topological polar surface area (TPSA) is 56.4 Å². The van der Waals surface area contributed by atoms with Crippen molar-refractivity contribution in [1.29, 1.82) is 5.26 Å². The summed E-state index contributed by atoms with van der Waals surface area (Å²) in [5, 5.41) is 23.4. The van der Waals surface area contributed by atoms with E-state index in [1.807, 2.05) is 30.3 Å². The number of rotatable bonds is 1. The van der Waals surface area contributed by atoms with Crippen LogP contribution in [-0.2, 0) is 0 Å². The third-order valence-corrected chi connectivity index (χ3v) is 2.98. The Balaban J connectivity index is 2.56. The Morgan fingerprint density at radius 1 is 1.31 bits per heavy atom. The molecule has 0 bridgehead atoms. The first-order chi connectivity index (χ1) is 7.86. The molecule has 1 N–H and O–H groups in total. The smallest absolute Gasteiger partial charge is 0.148 e. The van der Waals surface area contributed by atoms with Gasteiger partial charge >= 0.3 is 0 Å². The molecule has 0 aliphatic carbocycles. The first-order valence-corrected chi connectivity index (χ1v) is 5.50. The van der Waals surface area contributed by atoms with Gasteiger partial charge in [-0.1, -0.05) is 47.2 Å². The Morgan fingerprint density at radius 2 is 2.06 bits per heavy atom. The average molecular weight is 228 g/mol. The Bertz CT molecular complexity index is 524. The standard InChI is InChI=1S/C12H8N2OS/c13-8-11(9-4-2-1-3-5-9)10-6-7-16-12(10)14-15/h1-7,15H/b11-10+,14-12-. The fraction of sp³-hybridized carbons (Fsp3) is 0. The number of oxime groups is 1. The lowest BCUT2D eigenvalue weighted by Gasteiger charge is -2.02. The minimum atomic E-state index is 0.459. The normalized spacial score (nSPS) is 19.8. The molecule has 78 valence electrons. The molecule has 0 unspecified atom stereocenters. The lowest BCUT2D eigenvalue weighted by atomic mass is 10.0. The first kappa shape index (κ1) is 10.5. The number of thioether (sulfide) groups is 1. The van der Waals surface area contributed by atoms with Crippen LogP contribution in [-0.4, -0.2) is 10.3 Å². The lowest BCUT2D eigenvalue weighted by Crippen LogP contribution is -1.95. The molecule has 1 aliphatic heterocycles. The minimum Gasteiger partial charge on any atom is -0.410 e. The van der Waals surface area contributed by atoms with Gasteiger partial charge in [-0.2, -0.15) is 5.26 Å². The van der Waals surface area contributed by atoms with E-state index in [0.29, 0.717) is 16.2 Å². The van der Waals surface area contributed by atoms with Crippen molar-refractivity contribution in [1.82, 2.24) is 0 Å². The number of hydrogen-bond acceptors (Lipinski definition) is 4. The van der Waals surface area contributed by atoms with Crippen LogP contribution in [0.3, 0.4) is 0 Å². The molecule has 2 rings (SSSR count). The van der Waals surface area contributed by atoms with Gasteiger partial charge in [-0.15, -0.1) is 0 Å². The van der Waals surface area contributed by atoms with Gasteiger partial charge in [-0.05, 0) is 17.0 Å². The molecule has 0 atom stereocenters. The zero-order valence-corrected chi connectivity index (χ0v) is 9.11. The SMILES string of the molecule is N#C/C(=C1/C=CS/C1=N\O)c1ccccc1. The quantitative estimate of drug-likeness (QED) is 0.456. The van der Waals surface area contributed by atoms with E-state index in [9.17, 15) is 0 Å². The molecule has 1 aromatic carbocycles. The average Bonchev–Trinajstić information content (AvgIpc) is 2.80. The molecular formula is C12H8N2OS. The van der Waals surface area contributed by atoms with Crippen LogP contribution in [0.1, 0.15) is 5.56 Å². The molecule has 0 amide bonds. The van der Waals surface area contributed by atoms with Gasteiger partial charge in [0.15, 0.2) is 0 Å². The summed E-state index contributed by atoms with van der Waals surface area (Å²) in [5.41, 5.74) is 2.02. The third-order valence-electron chi connectivity index (χ3n) is 2.18. The molecule has 4 heteroatoms. The molecule has 1 heterocycles. The van der Waals surface area contributed by atoms with E-state index >= 15 is 0 Å². The van der Waals surface area contributed by atoms with Gasteiger partial charge in [-0.3, -0.25) is 0 Å². The third kappa shape index (κ3) is 1.86. The predicted molar refractivity (Wildman–Crippen MR) is 64.9 cm³/mol. The highest BCUT2D eigenvalue weighted by Gasteiger charge is 2.17. The van der Waals surface area contributed by atoms with Crippen molar-refractivity contribution >= 4 is 22.4 Å². The van der Waals surface area contributed by atoms with E-state index in [-0.39, 0.29) is 0 Å². The maximum Gasteiger partial charge on any atom is 0.148 e. The van der Waals surface area contributed by atoms with E-state index in [4.69, 9.17) is 10.5 Å². The lowest BCUT2D eigenvalue weighted by molar-refractivity contribution is 0.321. The van der Waals surface area contributed by atoms with Gasteiger partial charge in [0, 0.05) is 5.57 Å². The van der Waals surface area contributed by atoms with Crippen LogP contribution in [0.4, 0.5) is 0 Å². The van der Waals surface area contributed by atoms with Crippen LogP contribution in [0, 0.1) is 11.3 Å². The zero-order chi connectivity index (χ0) is 11.4. The van der Waals surface area contributed by atoms with E-state index in [0.717, 1.165) is 5.56 Å². The summed E-state index contributed by atoms with van der Waals surface area (Å²) in [4.78, 5) is 0. The van der Waals surface area contributed by atoms with Crippen LogP contribution < -0.4 is 0 Å². The summed E-state index contributed by atoms with van der Waals surface area (Å²) in [7, 11) is 0. The fourth-order valence-corrected chi connectivity index (χ4v) is 2.13. The minimum absolute atomic E-state index is 0.459. The van der Waals surface area contributed by atoms with Crippen molar-refractivity contribution in [2.45, 2.75) is 0 Å². The Morgan fingerprint density at radius 3 is 2.69 bits per heavy atom. The highest BCUT2D eigenvalue weighted by atomic mass is 32.2. The van der Waals surface area contributed by atoms with Crippen LogP contribution in [0.5, 0.6) is 0 Å². The highest BCUT2D eigenvalue weighted by Crippen LogP contribution is 2.30. The van der Waals surface area contributed by atoms with Crippen LogP contribution >= 0.6 is 11.8 Å². The maximum absolute atomic E-state index is 9.17.